The van der Waals surface area contributed by atoms with Gasteiger partial charge in [-0.2, -0.15) is 17.9 Å². The minimum Gasteiger partial charge on any atom is -0.486 e. The van der Waals surface area contributed by atoms with Crippen LogP contribution in [0.5, 0.6) is 5.75 Å². The smallest absolute Gasteiger partial charge is 0.167 e. The van der Waals surface area contributed by atoms with Gasteiger partial charge in [-0.1, -0.05) is 23.2 Å². The average Bonchev–Trinajstić information content (AvgIpc) is 2.78. The molecule has 0 spiro atoms. The Morgan fingerprint density at radius 3 is 2.62 bits per heavy atom. The first-order valence-electron chi connectivity index (χ1n) is 9.19. The zero-order valence-corrected chi connectivity index (χ0v) is 18.9. The molecule has 0 amide bonds. The van der Waals surface area contributed by atoms with Crippen molar-refractivity contribution in [3.8, 4) is 11.8 Å². The monoisotopic (exact) mass is 490 g/mol. The van der Waals surface area contributed by atoms with E-state index in [0.29, 0.717) is 29.2 Å². The van der Waals surface area contributed by atoms with Crippen molar-refractivity contribution in [2.45, 2.75) is 6.61 Å². The zero-order valence-electron chi connectivity index (χ0n) is 16.5. The van der Waals surface area contributed by atoms with Gasteiger partial charge >= 0.3 is 0 Å². The first-order valence-corrected chi connectivity index (χ1v) is 10.6. The van der Waals surface area contributed by atoms with E-state index in [-0.39, 0.29) is 44.9 Å². The topological polar surface area (TPSA) is 121 Å². The van der Waals surface area contributed by atoms with Crippen LogP contribution in [0.1, 0.15) is 22.3 Å². The molecule has 0 bridgehead atoms. The number of nitrogens with one attached hydrogen (secondary N) is 2. The fraction of sp³-hybridized carbons (Fsp3) is 0.143. The number of hydrogen-bond donors (Lipinski definition) is 4. The highest BCUT2D eigenvalue weighted by atomic mass is 35.5. The number of hydrogen-bond acceptors (Lipinski definition) is 8. The molecule has 0 fully saturated rings. The Labute approximate surface area is 199 Å². The highest BCUT2D eigenvalue weighted by Crippen LogP contribution is 2.29. The van der Waals surface area contributed by atoms with E-state index in [9.17, 15) is 9.65 Å². The molecule has 0 radical (unpaired) electrons. The Hall–Kier alpha value is -3.06. The number of nitrogen functional groups attached to an aromatic ring is 1. The number of thiol groups is 1. The second kappa shape index (κ2) is 10.5. The lowest BCUT2D eigenvalue weighted by molar-refractivity contribution is 0.290. The molecule has 0 aliphatic heterocycles. The Morgan fingerprint density at radius 2 is 1.97 bits per heavy atom. The minimum atomic E-state index is -0.706. The van der Waals surface area contributed by atoms with Crippen molar-refractivity contribution in [2.75, 3.05) is 23.3 Å². The molecule has 0 aliphatic rings. The quantitative estimate of drug-likeness (QED) is 0.206. The van der Waals surface area contributed by atoms with E-state index in [1.807, 2.05) is 6.07 Å². The second-order valence-corrected chi connectivity index (χ2v) is 7.76. The van der Waals surface area contributed by atoms with E-state index in [0.717, 1.165) is 6.07 Å². The molecule has 0 saturated heterocycles. The van der Waals surface area contributed by atoms with Crippen LogP contribution in [0.15, 0.2) is 36.8 Å². The van der Waals surface area contributed by atoms with Crippen LogP contribution in [0.4, 0.5) is 15.9 Å². The second-order valence-electron chi connectivity index (χ2n) is 6.50. The third kappa shape index (κ3) is 5.22. The van der Waals surface area contributed by atoms with Crippen molar-refractivity contribution in [1.29, 1.82) is 10.7 Å². The van der Waals surface area contributed by atoms with Gasteiger partial charge in [0.2, 0.25) is 0 Å². The fourth-order valence-electron chi connectivity index (χ4n) is 2.78. The van der Waals surface area contributed by atoms with Gasteiger partial charge in [0, 0.05) is 59.3 Å². The van der Waals surface area contributed by atoms with Crippen molar-refractivity contribution in [3.05, 3.63) is 74.9 Å². The van der Waals surface area contributed by atoms with Crippen molar-refractivity contribution in [2.24, 2.45) is 0 Å². The number of rotatable bonds is 8. The van der Waals surface area contributed by atoms with Gasteiger partial charge < -0.3 is 15.8 Å². The van der Waals surface area contributed by atoms with Crippen LogP contribution in [0.2, 0.25) is 10.0 Å². The maximum Gasteiger partial charge on any atom is 0.167 e. The number of ether oxygens (including phenoxy) is 1. The van der Waals surface area contributed by atoms with Crippen molar-refractivity contribution in [1.82, 2.24) is 9.97 Å². The van der Waals surface area contributed by atoms with Crippen molar-refractivity contribution in [3.63, 3.8) is 0 Å². The Morgan fingerprint density at radius 1 is 1.25 bits per heavy atom. The number of pyridine rings is 2. The van der Waals surface area contributed by atoms with Gasteiger partial charge in [0.25, 0.3) is 0 Å². The number of nitrogens with two attached hydrogens (primary N) is 1. The zero-order chi connectivity index (χ0) is 23.3. The van der Waals surface area contributed by atoms with Crippen LogP contribution in [0, 0.1) is 22.6 Å². The van der Waals surface area contributed by atoms with Crippen LogP contribution in [0.25, 0.3) is 0 Å². The Kier molecular flexibility index (Phi) is 7.75. The maximum atomic E-state index is 14.5. The van der Waals surface area contributed by atoms with Gasteiger partial charge in [-0.3, -0.25) is 10.4 Å². The third-order valence-corrected chi connectivity index (χ3v) is 5.27. The molecular weight excluding hydrogens is 474 g/mol. The molecule has 32 heavy (non-hydrogen) atoms. The van der Waals surface area contributed by atoms with Crippen molar-refractivity contribution >= 4 is 53.0 Å². The Balaban J connectivity index is 1.90. The van der Waals surface area contributed by atoms with E-state index in [2.05, 4.69) is 27.9 Å². The summed E-state index contributed by atoms with van der Waals surface area (Å²) in [5.74, 6) is 0.112. The summed E-state index contributed by atoms with van der Waals surface area (Å²) in [7, 11) is 0. The predicted molar refractivity (Wildman–Crippen MR) is 127 cm³/mol. The van der Waals surface area contributed by atoms with Gasteiger partial charge in [0.05, 0.1) is 21.3 Å². The third-order valence-electron chi connectivity index (χ3n) is 4.40. The number of aromatic nitrogens is 2. The number of benzene rings is 1. The predicted octanol–water partition coefficient (Wildman–Crippen LogP) is 4.71. The molecule has 2 aromatic heterocycles. The van der Waals surface area contributed by atoms with Gasteiger partial charge in [0.15, 0.2) is 11.6 Å². The SMILES string of the molecule is N#Cc1cc(C(=N)c2cc(OCc3c(Cl)cncc3Cl)c(F)cc2N)cnc1NCCS. The van der Waals surface area contributed by atoms with E-state index in [1.165, 1.54) is 30.7 Å². The number of anilines is 2. The van der Waals surface area contributed by atoms with Crippen LogP contribution in [0.3, 0.4) is 0 Å². The summed E-state index contributed by atoms with van der Waals surface area (Å²) in [5, 5.41) is 21.5. The normalized spacial score (nSPS) is 10.5. The fourth-order valence-corrected chi connectivity index (χ4v) is 3.36. The first-order chi connectivity index (χ1) is 15.3. The molecule has 3 rings (SSSR count). The molecule has 1 aromatic carbocycles. The number of halogens is 3. The molecule has 7 nitrogen and oxygen atoms in total. The van der Waals surface area contributed by atoms with Crippen LogP contribution >= 0.6 is 35.8 Å². The highest BCUT2D eigenvalue weighted by Gasteiger charge is 2.17. The largest absolute Gasteiger partial charge is 0.486 e. The van der Waals surface area contributed by atoms with Crippen LogP contribution < -0.4 is 15.8 Å². The Bertz CT molecular complexity index is 1200. The van der Waals surface area contributed by atoms with Gasteiger partial charge in [0.1, 0.15) is 18.5 Å². The highest BCUT2D eigenvalue weighted by molar-refractivity contribution is 7.80. The molecule has 11 heteroatoms. The molecule has 0 atom stereocenters. The first kappa shape index (κ1) is 23.6. The molecule has 2 heterocycles. The summed E-state index contributed by atoms with van der Waals surface area (Å²) >= 11 is 16.3. The van der Waals surface area contributed by atoms with Gasteiger partial charge in [-0.15, -0.1) is 0 Å². The summed E-state index contributed by atoms with van der Waals surface area (Å²) in [5.41, 5.74) is 7.21. The van der Waals surface area contributed by atoms with Crippen LogP contribution in [-0.4, -0.2) is 28.0 Å². The molecule has 164 valence electrons. The summed E-state index contributed by atoms with van der Waals surface area (Å²) in [6.07, 6.45) is 4.24. The lowest BCUT2D eigenvalue weighted by Gasteiger charge is -2.14. The standard InChI is InChI=1S/C21H17Cl2FN6OS/c22-15-8-28-9-16(23)14(15)10-31-19-4-13(18(26)5-17(19)24)20(27)12-3-11(6-25)21(30-7-12)29-1-2-32/h3-5,7-9,27,32H,1-2,10,26H2,(H,29,30). The molecule has 4 N–H and O–H groups in total. The van der Waals surface area contributed by atoms with E-state index < -0.39 is 5.82 Å². The van der Waals surface area contributed by atoms with E-state index >= 15 is 0 Å². The molecule has 0 saturated carbocycles. The van der Waals surface area contributed by atoms with E-state index in [4.69, 9.17) is 39.1 Å². The lowest BCUT2D eigenvalue weighted by atomic mass is 10.0. The summed E-state index contributed by atoms with van der Waals surface area (Å²) in [4.78, 5) is 8.07. The molecular formula is C21H17Cl2FN6OS. The number of nitrogens with zero attached hydrogens (tertiary/aromatic N) is 3. The van der Waals surface area contributed by atoms with Crippen LogP contribution in [-0.2, 0) is 6.61 Å². The number of nitriles is 1. The van der Waals surface area contributed by atoms with Crippen molar-refractivity contribution < 1.29 is 9.13 Å². The van der Waals surface area contributed by atoms with E-state index in [1.54, 1.807) is 0 Å². The molecule has 0 aliphatic carbocycles. The molecule has 0 unspecified atom stereocenters. The summed E-state index contributed by atoms with van der Waals surface area (Å²) in [6.45, 7) is 0.415. The molecule has 3 aromatic rings. The van der Waals surface area contributed by atoms with Gasteiger partial charge in [-0.05, 0) is 12.1 Å². The maximum absolute atomic E-state index is 14.5. The summed E-state index contributed by atoms with van der Waals surface area (Å²) < 4.78 is 20.0. The lowest BCUT2D eigenvalue weighted by Crippen LogP contribution is -2.11. The average molecular weight is 491 g/mol. The minimum absolute atomic E-state index is 0.0376. The van der Waals surface area contributed by atoms with Gasteiger partial charge in [-0.25, -0.2) is 9.37 Å². The summed E-state index contributed by atoms with van der Waals surface area (Å²) in [6, 6.07) is 5.93.